The second-order valence-corrected chi connectivity index (χ2v) is 6.28. The van der Waals surface area contributed by atoms with Gasteiger partial charge >= 0.3 is 0 Å². The molecular formula is C9H16FN3S2. The quantitative estimate of drug-likeness (QED) is 0.782. The topological polar surface area (TPSA) is 41.3 Å². The minimum absolute atomic E-state index is 0.00880. The summed E-state index contributed by atoms with van der Waals surface area (Å²) >= 11 is 3.44. The van der Waals surface area contributed by atoms with Crippen LogP contribution in [0.25, 0.3) is 0 Å². The lowest BCUT2D eigenvalue weighted by atomic mass is 10.3. The van der Waals surface area contributed by atoms with Gasteiger partial charge in [-0.15, -0.1) is 11.8 Å². The normalized spacial score (nSPS) is 31.7. The molecule has 3 nitrogen and oxygen atoms in total. The third-order valence-electron chi connectivity index (χ3n) is 2.48. The fourth-order valence-electron chi connectivity index (χ4n) is 1.68. The molecule has 2 heterocycles. The molecule has 2 aliphatic rings. The van der Waals surface area contributed by atoms with E-state index < -0.39 is 6.17 Å². The van der Waals surface area contributed by atoms with Crippen LogP contribution in [0.2, 0.25) is 0 Å². The zero-order valence-corrected chi connectivity index (χ0v) is 10.1. The molecule has 0 aromatic rings. The van der Waals surface area contributed by atoms with Gasteiger partial charge in [0.2, 0.25) is 0 Å². The molecular weight excluding hydrogens is 233 g/mol. The van der Waals surface area contributed by atoms with E-state index in [0.717, 1.165) is 18.8 Å². The Labute approximate surface area is 98.0 Å². The SMILES string of the molecule is NC1NC=C(SCCN2CCC(F)C2)S1. The highest BCUT2D eigenvalue weighted by atomic mass is 32.2. The van der Waals surface area contributed by atoms with E-state index >= 15 is 0 Å². The lowest BCUT2D eigenvalue weighted by molar-refractivity contribution is 0.299. The second kappa shape index (κ2) is 5.43. The Bertz CT molecular complexity index is 250. The lowest BCUT2D eigenvalue weighted by Gasteiger charge is -2.13. The fraction of sp³-hybridized carbons (Fsp3) is 0.778. The van der Waals surface area contributed by atoms with Crippen LogP contribution in [0.5, 0.6) is 0 Å². The van der Waals surface area contributed by atoms with Crippen molar-refractivity contribution in [1.29, 1.82) is 0 Å². The number of likely N-dealkylation sites (tertiary alicyclic amines) is 1. The number of alkyl halides is 1. The van der Waals surface area contributed by atoms with Gasteiger partial charge in [-0.05, 0) is 6.42 Å². The van der Waals surface area contributed by atoms with Crippen molar-refractivity contribution >= 4 is 23.5 Å². The maximum absolute atomic E-state index is 12.9. The molecule has 0 aromatic heterocycles. The van der Waals surface area contributed by atoms with Crippen LogP contribution in [0.4, 0.5) is 4.39 Å². The Morgan fingerprint density at radius 3 is 3.20 bits per heavy atom. The number of halogens is 1. The van der Waals surface area contributed by atoms with E-state index in [1.165, 1.54) is 4.24 Å². The zero-order chi connectivity index (χ0) is 10.7. The Morgan fingerprint density at radius 1 is 1.73 bits per heavy atom. The van der Waals surface area contributed by atoms with Crippen LogP contribution in [0.1, 0.15) is 6.42 Å². The van der Waals surface area contributed by atoms with Crippen molar-refractivity contribution in [2.75, 3.05) is 25.4 Å². The minimum Gasteiger partial charge on any atom is -0.366 e. The number of hydrogen-bond donors (Lipinski definition) is 2. The van der Waals surface area contributed by atoms with Crippen LogP contribution in [0, 0.1) is 0 Å². The van der Waals surface area contributed by atoms with Gasteiger partial charge < -0.3 is 11.1 Å². The van der Waals surface area contributed by atoms with Crippen LogP contribution < -0.4 is 11.1 Å². The third kappa shape index (κ3) is 3.55. The van der Waals surface area contributed by atoms with Gasteiger partial charge in [0.05, 0.1) is 4.24 Å². The third-order valence-corrected chi connectivity index (χ3v) is 4.65. The van der Waals surface area contributed by atoms with E-state index in [1.807, 2.05) is 6.20 Å². The van der Waals surface area contributed by atoms with Crippen LogP contribution >= 0.6 is 23.5 Å². The maximum atomic E-state index is 12.9. The molecule has 0 bridgehead atoms. The molecule has 0 saturated carbocycles. The van der Waals surface area contributed by atoms with E-state index in [2.05, 4.69) is 10.2 Å². The van der Waals surface area contributed by atoms with Gasteiger partial charge in [0.1, 0.15) is 11.7 Å². The largest absolute Gasteiger partial charge is 0.366 e. The summed E-state index contributed by atoms with van der Waals surface area (Å²) in [5.41, 5.74) is 5.67. The molecule has 0 amide bonds. The van der Waals surface area contributed by atoms with Crippen molar-refractivity contribution in [3.8, 4) is 0 Å². The summed E-state index contributed by atoms with van der Waals surface area (Å²) in [6.07, 6.45) is 2.06. The molecule has 2 unspecified atom stereocenters. The highest BCUT2D eigenvalue weighted by molar-refractivity contribution is 8.22. The molecule has 1 fully saturated rings. The van der Waals surface area contributed by atoms with Gasteiger partial charge in [0.15, 0.2) is 0 Å². The molecule has 6 heteroatoms. The smallest absolute Gasteiger partial charge is 0.127 e. The van der Waals surface area contributed by atoms with Gasteiger partial charge in [-0.2, -0.15) is 0 Å². The van der Waals surface area contributed by atoms with E-state index in [9.17, 15) is 4.39 Å². The Balaban J connectivity index is 1.59. The van der Waals surface area contributed by atoms with Crippen molar-refractivity contribution in [3.05, 3.63) is 10.4 Å². The van der Waals surface area contributed by atoms with E-state index in [-0.39, 0.29) is 5.50 Å². The molecule has 3 N–H and O–H groups in total. The first-order valence-electron chi connectivity index (χ1n) is 5.12. The van der Waals surface area contributed by atoms with Crippen LogP contribution in [0.15, 0.2) is 10.4 Å². The summed E-state index contributed by atoms with van der Waals surface area (Å²) in [5, 5.41) is 3.04. The predicted molar refractivity (Wildman–Crippen MR) is 65.2 cm³/mol. The number of rotatable bonds is 4. The first-order valence-corrected chi connectivity index (χ1v) is 6.98. The summed E-state index contributed by atoms with van der Waals surface area (Å²) in [5.74, 6) is 1.01. The van der Waals surface area contributed by atoms with Crippen molar-refractivity contribution < 1.29 is 4.39 Å². The number of thioether (sulfide) groups is 2. The van der Waals surface area contributed by atoms with Crippen molar-refractivity contribution in [2.45, 2.75) is 18.1 Å². The molecule has 0 aromatic carbocycles. The van der Waals surface area contributed by atoms with Crippen molar-refractivity contribution in [1.82, 2.24) is 10.2 Å². The van der Waals surface area contributed by atoms with Gasteiger partial charge in [0, 0.05) is 31.6 Å². The van der Waals surface area contributed by atoms with Crippen molar-refractivity contribution in [3.63, 3.8) is 0 Å². The van der Waals surface area contributed by atoms with E-state index in [1.54, 1.807) is 23.5 Å². The highest BCUT2D eigenvalue weighted by Gasteiger charge is 2.21. The Morgan fingerprint density at radius 2 is 2.60 bits per heavy atom. The molecule has 1 saturated heterocycles. The molecule has 15 heavy (non-hydrogen) atoms. The van der Waals surface area contributed by atoms with Gasteiger partial charge in [0.25, 0.3) is 0 Å². The van der Waals surface area contributed by atoms with Gasteiger partial charge in [-0.3, -0.25) is 4.90 Å². The van der Waals surface area contributed by atoms with Crippen LogP contribution in [0.3, 0.4) is 0 Å². The molecule has 86 valence electrons. The van der Waals surface area contributed by atoms with Crippen LogP contribution in [-0.2, 0) is 0 Å². The molecule has 0 aliphatic carbocycles. The number of nitrogens with one attached hydrogen (secondary N) is 1. The summed E-state index contributed by atoms with van der Waals surface area (Å²) in [4.78, 5) is 2.19. The Hall–Kier alpha value is 0.0900. The summed E-state index contributed by atoms with van der Waals surface area (Å²) < 4.78 is 14.1. The molecule has 0 radical (unpaired) electrons. The van der Waals surface area contributed by atoms with Crippen LogP contribution in [-0.4, -0.2) is 42.0 Å². The number of nitrogens with two attached hydrogens (primary N) is 1. The number of hydrogen-bond acceptors (Lipinski definition) is 5. The highest BCUT2D eigenvalue weighted by Crippen LogP contribution is 2.32. The molecule has 2 aliphatic heterocycles. The van der Waals surface area contributed by atoms with Gasteiger partial charge in [-0.1, -0.05) is 11.8 Å². The summed E-state index contributed by atoms with van der Waals surface area (Å²) in [7, 11) is 0. The molecule has 2 atom stereocenters. The monoisotopic (exact) mass is 249 g/mol. The van der Waals surface area contributed by atoms with E-state index in [4.69, 9.17) is 5.73 Å². The first kappa shape index (κ1) is 11.6. The average Bonchev–Trinajstić information content (AvgIpc) is 2.76. The standard InChI is InChI=1S/C9H16FN3S2/c10-7-1-2-13(6-7)3-4-14-8-5-12-9(11)15-8/h5,7,9,12H,1-4,6,11H2. The summed E-state index contributed by atoms with van der Waals surface area (Å²) in [6.45, 7) is 2.49. The van der Waals surface area contributed by atoms with Gasteiger partial charge in [-0.25, -0.2) is 4.39 Å². The zero-order valence-electron chi connectivity index (χ0n) is 8.49. The summed E-state index contributed by atoms with van der Waals surface area (Å²) in [6, 6.07) is 0. The molecule has 0 spiro atoms. The van der Waals surface area contributed by atoms with Crippen molar-refractivity contribution in [2.24, 2.45) is 5.73 Å². The van der Waals surface area contributed by atoms with E-state index in [0.29, 0.717) is 13.0 Å². The average molecular weight is 249 g/mol. The number of nitrogens with zero attached hydrogens (tertiary/aromatic N) is 1. The minimum atomic E-state index is -0.606. The Kier molecular flexibility index (Phi) is 4.19. The predicted octanol–water partition coefficient (Wildman–Crippen LogP) is 1.14. The fourth-order valence-corrected chi connectivity index (χ4v) is 3.74. The lowest BCUT2D eigenvalue weighted by Crippen LogP contribution is -2.25. The first-order chi connectivity index (χ1) is 7.24. The maximum Gasteiger partial charge on any atom is 0.127 e. The second-order valence-electron chi connectivity index (χ2n) is 3.70. The molecule has 2 rings (SSSR count).